The number of amides is 1. The van der Waals surface area contributed by atoms with Crippen LogP contribution < -0.4 is 20.2 Å². The Bertz CT molecular complexity index is 929. The van der Waals surface area contributed by atoms with Gasteiger partial charge in [0.1, 0.15) is 19.4 Å². The first-order valence-electron chi connectivity index (χ1n) is 8.89. The van der Waals surface area contributed by atoms with Crippen molar-refractivity contribution < 1.29 is 14.3 Å². The Labute approximate surface area is 165 Å². The lowest BCUT2D eigenvalue weighted by molar-refractivity contribution is -0.130. The molecule has 2 N–H and O–H groups in total. The number of benzene rings is 2. The molecule has 1 amide bonds. The number of hydrazine groups is 1. The first-order valence-corrected chi connectivity index (χ1v) is 9.69. The molecule has 0 aromatic heterocycles. The first-order chi connectivity index (χ1) is 13.2. The Hall–Kier alpha value is -2.51. The minimum atomic E-state index is -0.146. The third kappa shape index (κ3) is 2.96. The van der Waals surface area contributed by atoms with Gasteiger partial charge in [-0.25, -0.2) is 5.43 Å². The van der Waals surface area contributed by atoms with Crippen LogP contribution >= 0.6 is 15.9 Å². The summed E-state index contributed by atoms with van der Waals surface area (Å²) in [4.78, 5) is 12.7. The molecule has 27 heavy (non-hydrogen) atoms. The van der Waals surface area contributed by atoms with Gasteiger partial charge >= 0.3 is 0 Å². The minimum absolute atomic E-state index is 0.0525. The number of hydrogen-bond donors (Lipinski definition) is 2. The molecule has 0 aliphatic carbocycles. The highest BCUT2D eigenvalue weighted by Crippen LogP contribution is 2.35. The van der Waals surface area contributed by atoms with Crippen LogP contribution in [0, 0.1) is 0 Å². The molecule has 0 spiro atoms. The molecule has 0 saturated carbocycles. The maximum atomic E-state index is 12.7. The van der Waals surface area contributed by atoms with Crippen molar-refractivity contribution >= 4 is 27.5 Å². The Kier molecular flexibility index (Phi) is 4.06. The van der Waals surface area contributed by atoms with Gasteiger partial charge in [-0.3, -0.25) is 9.80 Å². The lowest BCUT2D eigenvalue weighted by Crippen LogP contribution is -2.52. The molecule has 3 heterocycles. The van der Waals surface area contributed by atoms with Crippen LogP contribution in [0.25, 0.3) is 5.70 Å². The van der Waals surface area contributed by atoms with Crippen molar-refractivity contribution in [3.05, 3.63) is 64.1 Å². The van der Waals surface area contributed by atoms with Crippen LogP contribution in [-0.4, -0.2) is 36.8 Å². The molecule has 0 bridgehead atoms. The fourth-order valence-corrected chi connectivity index (χ4v) is 4.01. The van der Waals surface area contributed by atoms with Gasteiger partial charge in [0.2, 0.25) is 0 Å². The first kappa shape index (κ1) is 16.6. The van der Waals surface area contributed by atoms with Crippen LogP contribution in [0.2, 0.25) is 0 Å². The van der Waals surface area contributed by atoms with Gasteiger partial charge in [0, 0.05) is 34.3 Å². The Morgan fingerprint density at radius 3 is 2.63 bits per heavy atom. The molecule has 2 atom stereocenters. The van der Waals surface area contributed by atoms with Gasteiger partial charge in [0.25, 0.3) is 5.91 Å². The largest absolute Gasteiger partial charge is 0.486 e. The van der Waals surface area contributed by atoms with Crippen LogP contribution in [0.1, 0.15) is 17.0 Å². The molecule has 7 heteroatoms. The van der Waals surface area contributed by atoms with E-state index in [-0.39, 0.29) is 18.0 Å². The summed E-state index contributed by atoms with van der Waals surface area (Å²) in [5, 5.41) is 5.20. The van der Waals surface area contributed by atoms with E-state index >= 15 is 0 Å². The number of rotatable bonds is 2. The van der Waals surface area contributed by atoms with Crippen LogP contribution in [0.15, 0.2) is 53.0 Å². The summed E-state index contributed by atoms with van der Waals surface area (Å²) < 4.78 is 12.3. The standard InChI is InChI=1S/C20H18BrN3O3/c21-14-4-1-12(2-5-14)15-11-22-24-19(25)10-16(23-20(15)24)13-3-6-17-18(9-13)27-8-7-26-17/h1-6,9-10,15,20,22-23H,7-8,11H2. The van der Waals surface area contributed by atoms with Crippen molar-refractivity contribution in [2.75, 3.05) is 19.8 Å². The average Bonchev–Trinajstić information content (AvgIpc) is 3.13. The van der Waals surface area contributed by atoms with Crippen molar-refractivity contribution in [3.8, 4) is 11.5 Å². The zero-order chi connectivity index (χ0) is 18.4. The summed E-state index contributed by atoms with van der Waals surface area (Å²) in [7, 11) is 0. The second-order valence-electron chi connectivity index (χ2n) is 6.73. The monoisotopic (exact) mass is 427 g/mol. The van der Waals surface area contributed by atoms with Crippen molar-refractivity contribution in [3.63, 3.8) is 0 Å². The Morgan fingerprint density at radius 1 is 1.04 bits per heavy atom. The summed E-state index contributed by atoms with van der Waals surface area (Å²) in [6.45, 7) is 1.80. The number of nitrogens with zero attached hydrogens (tertiary/aromatic N) is 1. The third-order valence-electron chi connectivity index (χ3n) is 5.10. The molecule has 1 fully saturated rings. The number of carbonyl (C=O) groups is 1. The molecule has 2 aromatic carbocycles. The number of carbonyl (C=O) groups excluding carboxylic acids is 1. The predicted octanol–water partition coefficient (Wildman–Crippen LogP) is 2.62. The molecule has 1 saturated heterocycles. The molecule has 138 valence electrons. The SMILES string of the molecule is O=C1C=C(c2ccc3c(c2)OCCO3)NC2C(c3ccc(Br)cc3)CNN12. The van der Waals surface area contributed by atoms with E-state index in [1.807, 2.05) is 30.3 Å². The second kappa shape index (κ2) is 6.58. The smallest absolute Gasteiger partial charge is 0.264 e. The summed E-state index contributed by atoms with van der Waals surface area (Å²) in [5.74, 6) is 1.56. The minimum Gasteiger partial charge on any atom is -0.486 e. The van der Waals surface area contributed by atoms with E-state index < -0.39 is 0 Å². The molecule has 3 aliphatic heterocycles. The molecule has 5 rings (SSSR count). The van der Waals surface area contributed by atoms with Crippen molar-refractivity contribution in [1.29, 1.82) is 0 Å². The van der Waals surface area contributed by atoms with Crippen molar-refractivity contribution in [1.82, 2.24) is 15.8 Å². The van der Waals surface area contributed by atoms with Crippen LogP contribution in [0.4, 0.5) is 0 Å². The maximum Gasteiger partial charge on any atom is 0.264 e. The number of ether oxygens (including phenoxy) is 2. The normalized spacial score (nSPS) is 23.5. The van der Waals surface area contributed by atoms with E-state index in [0.29, 0.717) is 25.5 Å². The number of hydrogen-bond acceptors (Lipinski definition) is 5. The molecule has 0 radical (unpaired) electrons. The highest BCUT2D eigenvalue weighted by Gasteiger charge is 2.40. The van der Waals surface area contributed by atoms with E-state index in [0.717, 1.165) is 21.5 Å². The van der Waals surface area contributed by atoms with Gasteiger partial charge in [0.15, 0.2) is 11.5 Å². The molecule has 2 aromatic rings. The van der Waals surface area contributed by atoms with Crippen LogP contribution in [0.3, 0.4) is 0 Å². The average molecular weight is 428 g/mol. The number of halogens is 1. The zero-order valence-electron chi connectivity index (χ0n) is 14.4. The lowest BCUT2D eigenvalue weighted by atomic mass is 9.95. The Morgan fingerprint density at radius 2 is 1.81 bits per heavy atom. The summed E-state index contributed by atoms with van der Waals surface area (Å²) in [5.41, 5.74) is 6.10. The molecular formula is C20H18BrN3O3. The number of fused-ring (bicyclic) bond motifs is 2. The van der Waals surface area contributed by atoms with Crippen molar-refractivity contribution in [2.45, 2.75) is 12.1 Å². The quantitative estimate of drug-likeness (QED) is 0.771. The topological polar surface area (TPSA) is 62.8 Å². The Balaban J connectivity index is 1.45. The van der Waals surface area contributed by atoms with E-state index in [2.05, 4.69) is 38.8 Å². The molecule has 6 nitrogen and oxygen atoms in total. The fraction of sp³-hybridized carbons (Fsp3) is 0.250. The predicted molar refractivity (Wildman–Crippen MR) is 104 cm³/mol. The fourth-order valence-electron chi connectivity index (χ4n) is 3.75. The van der Waals surface area contributed by atoms with Crippen LogP contribution in [0.5, 0.6) is 11.5 Å². The van der Waals surface area contributed by atoms with E-state index in [1.54, 1.807) is 11.1 Å². The third-order valence-corrected chi connectivity index (χ3v) is 5.63. The van der Waals surface area contributed by atoms with Gasteiger partial charge in [-0.2, -0.15) is 0 Å². The highest BCUT2D eigenvalue weighted by atomic mass is 79.9. The van der Waals surface area contributed by atoms with E-state index in [1.165, 1.54) is 5.56 Å². The maximum absolute atomic E-state index is 12.7. The summed E-state index contributed by atoms with van der Waals surface area (Å²) in [6.07, 6.45) is 1.48. The molecule has 2 unspecified atom stereocenters. The lowest BCUT2D eigenvalue weighted by Gasteiger charge is -2.33. The van der Waals surface area contributed by atoms with Gasteiger partial charge in [-0.1, -0.05) is 28.1 Å². The van der Waals surface area contributed by atoms with Gasteiger partial charge in [-0.15, -0.1) is 0 Å². The summed E-state index contributed by atoms with van der Waals surface area (Å²) >= 11 is 3.48. The molecule has 3 aliphatic rings. The van der Waals surface area contributed by atoms with Crippen LogP contribution in [-0.2, 0) is 4.79 Å². The highest BCUT2D eigenvalue weighted by molar-refractivity contribution is 9.10. The van der Waals surface area contributed by atoms with Gasteiger partial charge < -0.3 is 14.8 Å². The van der Waals surface area contributed by atoms with E-state index in [4.69, 9.17) is 9.47 Å². The second-order valence-corrected chi connectivity index (χ2v) is 7.65. The van der Waals surface area contributed by atoms with Crippen molar-refractivity contribution in [2.24, 2.45) is 0 Å². The van der Waals surface area contributed by atoms with Gasteiger partial charge in [-0.05, 0) is 35.9 Å². The van der Waals surface area contributed by atoms with E-state index in [9.17, 15) is 4.79 Å². The summed E-state index contributed by atoms with van der Waals surface area (Å²) in [6, 6.07) is 14.0. The number of nitrogens with one attached hydrogen (secondary N) is 2. The van der Waals surface area contributed by atoms with Gasteiger partial charge in [0.05, 0.1) is 0 Å². The zero-order valence-corrected chi connectivity index (χ0v) is 16.0. The molecular weight excluding hydrogens is 410 g/mol.